The number of aryl methyl sites for hydroxylation is 1. The molecular formula is C20H26N2O2. The van der Waals surface area contributed by atoms with Gasteiger partial charge in [-0.15, -0.1) is 0 Å². The quantitative estimate of drug-likeness (QED) is 0.698. The van der Waals surface area contributed by atoms with Crippen LogP contribution in [0, 0.1) is 0 Å². The molecule has 2 aromatic rings. The topological polar surface area (TPSA) is 61.4 Å². The third-order valence-corrected chi connectivity index (χ3v) is 3.97. The van der Waals surface area contributed by atoms with Crippen molar-refractivity contribution in [3.05, 3.63) is 71.8 Å². The summed E-state index contributed by atoms with van der Waals surface area (Å²) in [5.41, 5.74) is 1.45. The average Bonchev–Trinajstić information content (AvgIpc) is 2.60. The van der Waals surface area contributed by atoms with Gasteiger partial charge >= 0.3 is 6.03 Å². The van der Waals surface area contributed by atoms with Gasteiger partial charge in [0.2, 0.25) is 0 Å². The normalized spacial score (nSPS) is 13.1. The van der Waals surface area contributed by atoms with Crippen molar-refractivity contribution >= 4 is 6.03 Å². The van der Waals surface area contributed by atoms with Crippen LogP contribution in [0.3, 0.4) is 0 Å². The van der Waals surface area contributed by atoms with E-state index in [0.29, 0.717) is 13.0 Å². The molecular weight excluding hydrogens is 300 g/mol. The summed E-state index contributed by atoms with van der Waals surface area (Å²) in [6.07, 6.45) is 2.17. The van der Waals surface area contributed by atoms with Crippen LogP contribution < -0.4 is 10.6 Å². The third-order valence-electron chi connectivity index (χ3n) is 3.97. The SMILES string of the molecule is CC(O)(CCc1ccccc1)CNC(=O)NCCc1ccccc1. The van der Waals surface area contributed by atoms with Crippen LogP contribution in [0.5, 0.6) is 0 Å². The molecule has 1 atom stereocenters. The number of aliphatic hydroxyl groups is 1. The summed E-state index contributed by atoms with van der Waals surface area (Å²) in [5, 5.41) is 15.9. The predicted octanol–water partition coefficient (Wildman–Crippen LogP) is 2.91. The highest BCUT2D eigenvalue weighted by atomic mass is 16.3. The highest BCUT2D eigenvalue weighted by Crippen LogP contribution is 2.13. The van der Waals surface area contributed by atoms with Gasteiger partial charge in [-0.2, -0.15) is 0 Å². The lowest BCUT2D eigenvalue weighted by molar-refractivity contribution is 0.0534. The lowest BCUT2D eigenvalue weighted by Gasteiger charge is -2.23. The molecule has 0 aliphatic heterocycles. The molecule has 0 saturated carbocycles. The second-order valence-electron chi connectivity index (χ2n) is 6.33. The van der Waals surface area contributed by atoms with Crippen molar-refractivity contribution in [1.82, 2.24) is 10.6 Å². The number of nitrogens with one attached hydrogen (secondary N) is 2. The molecule has 0 spiro atoms. The number of benzene rings is 2. The second-order valence-corrected chi connectivity index (χ2v) is 6.33. The van der Waals surface area contributed by atoms with Gasteiger partial charge in [-0.1, -0.05) is 60.7 Å². The van der Waals surface area contributed by atoms with Gasteiger partial charge in [-0.25, -0.2) is 4.79 Å². The molecule has 0 saturated heterocycles. The lowest BCUT2D eigenvalue weighted by Crippen LogP contribution is -2.45. The van der Waals surface area contributed by atoms with Crippen LogP contribution >= 0.6 is 0 Å². The van der Waals surface area contributed by atoms with E-state index in [-0.39, 0.29) is 12.6 Å². The lowest BCUT2D eigenvalue weighted by atomic mass is 9.97. The Morgan fingerprint density at radius 3 is 2.04 bits per heavy atom. The van der Waals surface area contributed by atoms with Gasteiger partial charge in [0.05, 0.1) is 5.60 Å². The Bertz CT molecular complexity index is 612. The van der Waals surface area contributed by atoms with Crippen molar-refractivity contribution in [1.29, 1.82) is 0 Å². The molecule has 2 amide bonds. The van der Waals surface area contributed by atoms with Crippen LogP contribution in [0.15, 0.2) is 60.7 Å². The second kappa shape index (κ2) is 9.08. The standard InChI is InChI=1S/C20H26N2O2/c1-20(24,14-12-17-8-4-2-5-9-17)16-22-19(23)21-15-13-18-10-6-3-7-11-18/h2-11,24H,12-16H2,1H3,(H2,21,22,23). The minimum atomic E-state index is -0.924. The van der Waals surface area contributed by atoms with Crippen molar-refractivity contribution in [2.45, 2.75) is 31.8 Å². The zero-order chi connectivity index (χ0) is 17.3. The van der Waals surface area contributed by atoms with Crippen molar-refractivity contribution in [2.75, 3.05) is 13.1 Å². The number of rotatable bonds is 8. The van der Waals surface area contributed by atoms with Crippen LogP contribution in [-0.2, 0) is 12.8 Å². The van der Waals surface area contributed by atoms with Gasteiger partial charge in [0, 0.05) is 13.1 Å². The third kappa shape index (κ3) is 6.84. The van der Waals surface area contributed by atoms with E-state index in [1.165, 1.54) is 11.1 Å². The molecule has 0 aliphatic rings. The molecule has 2 rings (SSSR count). The molecule has 4 nitrogen and oxygen atoms in total. The van der Waals surface area contributed by atoms with E-state index >= 15 is 0 Å². The summed E-state index contributed by atoms with van der Waals surface area (Å²) in [6.45, 7) is 2.55. The minimum absolute atomic E-state index is 0.233. The predicted molar refractivity (Wildman–Crippen MR) is 96.9 cm³/mol. The van der Waals surface area contributed by atoms with E-state index in [0.717, 1.165) is 12.8 Å². The number of carbonyl (C=O) groups is 1. The highest BCUT2D eigenvalue weighted by Gasteiger charge is 2.20. The van der Waals surface area contributed by atoms with E-state index in [9.17, 15) is 9.90 Å². The van der Waals surface area contributed by atoms with Gasteiger partial charge in [-0.05, 0) is 37.3 Å². The van der Waals surface area contributed by atoms with Crippen LogP contribution in [0.25, 0.3) is 0 Å². The molecule has 128 valence electrons. The number of urea groups is 1. The van der Waals surface area contributed by atoms with Gasteiger partial charge in [0.1, 0.15) is 0 Å². The fourth-order valence-electron chi connectivity index (χ4n) is 2.44. The van der Waals surface area contributed by atoms with Crippen LogP contribution in [0.1, 0.15) is 24.5 Å². The maximum Gasteiger partial charge on any atom is 0.314 e. The van der Waals surface area contributed by atoms with Gasteiger partial charge in [0.25, 0.3) is 0 Å². The molecule has 0 aliphatic carbocycles. The smallest absolute Gasteiger partial charge is 0.314 e. The molecule has 0 bridgehead atoms. The summed E-state index contributed by atoms with van der Waals surface area (Å²) in [5.74, 6) is 0. The zero-order valence-corrected chi connectivity index (χ0v) is 14.2. The summed E-state index contributed by atoms with van der Waals surface area (Å²) in [4.78, 5) is 11.8. The molecule has 0 heterocycles. The maximum absolute atomic E-state index is 11.8. The van der Waals surface area contributed by atoms with E-state index in [2.05, 4.69) is 10.6 Å². The first kappa shape index (κ1) is 18.0. The van der Waals surface area contributed by atoms with Crippen molar-refractivity contribution in [2.24, 2.45) is 0 Å². The maximum atomic E-state index is 11.8. The highest BCUT2D eigenvalue weighted by molar-refractivity contribution is 5.73. The van der Waals surface area contributed by atoms with E-state index in [4.69, 9.17) is 0 Å². The van der Waals surface area contributed by atoms with E-state index in [1.807, 2.05) is 60.7 Å². The van der Waals surface area contributed by atoms with Crippen LogP contribution in [-0.4, -0.2) is 29.8 Å². The molecule has 4 heteroatoms. The molecule has 24 heavy (non-hydrogen) atoms. The van der Waals surface area contributed by atoms with Crippen molar-refractivity contribution in [3.8, 4) is 0 Å². The largest absolute Gasteiger partial charge is 0.388 e. The fourth-order valence-corrected chi connectivity index (χ4v) is 2.44. The Morgan fingerprint density at radius 2 is 1.46 bits per heavy atom. The Labute approximate surface area is 143 Å². The molecule has 1 unspecified atom stereocenters. The zero-order valence-electron chi connectivity index (χ0n) is 14.2. The van der Waals surface area contributed by atoms with E-state index < -0.39 is 5.60 Å². The molecule has 0 fully saturated rings. The fraction of sp³-hybridized carbons (Fsp3) is 0.350. The minimum Gasteiger partial charge on any atom is -0.388 e. The molecule has 2 aromatic carbocycles. The molecule has 3 N–H and O–H groups in total. The Kier molecular flexibility index (Phi) is 6.82. The summed E-state index contributed by atoms with van der Waals surface area (Å²) < 4.78 is 0. The summed E-state index contributed by atoms with van der Waals surface area (Å²) >= 11 is 0. The Balaban J connectivity index is 1.64. The average molecular weight is 326 g/mol. The molecule has 0 aromatic heterocycles. The van der Waals surface area contributed by atoms with Gasteiger partial charge in [0.15, 0.2) is 0 Å². The van der Waals surface area contributed by atoms with Gasteiger partial charge < -0.3 is 15.7 Å². The Morgan fingerprint density at radius 1 is 0.917 bits per heavy atom. The van der Waals surface area contributed by atoms with Gasteiger partial charge in [-0.3, -0.25) is 0 Å². The van der Waals surface area contributed by atoms with E-state index in [1.54, 1.807) is 6.92 Å². The number of carbonyl (C=O) groups excluding carboxylic acids is 1. The van der Waals surface area contributed by atoms with Crippen LogP contribution in [0.4, 0.5) is 4.79 Å². The Hall–Kier alpha value is -2.33. The first-order valence-electron chi connectivity index (χ1n) is 8.37. The first-order chi connectivity index (χ1) is 11.6. The molecule has 0 radical (unpaired) electrons. The summed E-state index contributed by atoms with van der Waals surface area (Å²) in [6, 6.07) is 19.8. The first-order valence-corrected chi connectivity index (χ1v) is 8.37. The van der Waals surface area contributed by atoms with Crippen molar-refractivity contribution in [3.63, 3.8) is 0 Å². The summed E-state index contributed by atoms with van der Waals surface area (Å²) in [7, 11) is 0. The van der Waals surface area contributed by atoms with Crippen molar-refractivity contribution < 1.29 is 9.90 Å². The number of hydrogen-bond acceptors (Lipinski definition) is 2. The number of hydrogen-bond donors (Lipinski definition) is 3. The monoisotopic (exact) mass is 326 g/mol. The van der Waals surface area contributed by atoms with Crippen LogP contribution in [0.2, 0.25) is 0 Å². The number of amides is 2.